The van der Waals surface area contributed by atoms with Crippen LogP contribution in [0, 0.1) is 6.92 Å². The Labute approximate surface area is 198 Å². The van der Waals surface area contributed by atoms with E-state index in [1.165, 1.54) is 70.4 Å². The standard InChI is InChI=1S/C32H33N/c1-24-4-6-25(7-5-24)26-8-10-27(11-9-26)28-12-14-29(15-13-28)30-16-18-31(19-17-30)32(2)20-22-33(3)23-21-32/h4-19H,20-23H2,1-3H3. The van der Waals surface area contributed by atoms with Crippen molar-refractivity contribution in [2.75, 3.05) is 20.1 Å². The van der Waals surface area contributed by atoms with Crippen LogP contribution in [0.4, 0.5) is 0 Å². The molecule has 0 N–H and O–H groups in total. The number of benzene rings is 4. The molecule has 0 amide bonds. The fourth-order valence-electron chi connectivity index (χ4n) is 4.92. The highest BCUT2D eigenvalue weighted by Crippen LogP contribution is 2.36. The summed E-state index contributed by atoms with van der Waals surface area (Å²) in [5.74, 6) is 0. The third kappa shape index (κ3) is 4.65. The maximum absolute atomic E-state index is 2.44. The van der Waals surface area contributed by atoms with Gasteiger partial charge in [-0.2, -0.15) is 0 Å². The number of rotatable bonds is 4. The lowest BCUT2D eigenvalue weighted by Gasteiger charge is -2.38. The molecule has 1 saturated heterocycles. The number of aryl methyl sites for hydroxylation is 1. The summed E-state index contributed by atoms with van der Waals surface area (Å²) in [4.78, 5) is 2.44. The third-order valence-corrected chi connectivity index (χ3v) is 7.49. The van der Waals surface area contributed by atoms with Crippen molar-refractivity contribution in [3.8, 4) is 33.4 Å². The molecule has 1 aliphatic heterocycles. The Morgan fingerprint density at radius 1 is 0.515 bits per heavy atom. The average molecular weight is 432 g/mol. The zero-order chi connectivity index (χ0) is 22.8. The van der Waals surface area contributed by atoms with Crippen molar-refractivity contribution in [3.05, 3.63) is 108 Å². The Morgan fingerprint density at radius 3 is 1.18 bits per heavy atom. The minimum atomic E-state index is 0.305. The third-order valence-electron chi connectivity index (χ3n) is 7.49. The number of piperidine rings is 1. The fourth-order valence-corrected chi connectivity index (χ4v) is 4.92. The summed E-state index contributed by atoms with van der Waals surface area (Å²) in [6.07, 6.45) is 2.47. The average Bonchev–Trinajstić information content (AvgIpc) is 2.87. The molecule has 1 heteroatoms. The molecule has 0 saturated carbocycles. The largest absolute Gasteiger partial charge is 0.306 e. The molecule has 4 aromatic carbocycles. The normalized spacial score (nSPS) is 16.0. The molecule has 1 heterocycles. The van der Waals surface area contributed by atoms with Crippen LogP contribution < -0.4 is 0 Å². The zero-order valence-electron chi connectivity index (χ0n) is 20.0. The fraction of sp³-hybridized carbons (Fsp3) is 0.250. The molecule has 0 spiro atoms. The predicted molar refractivity (Wildman–Crippen MR) is 142 cm³/mol. The topological polar surface area (TPSA) is 3.24 Å². The van der Waals surface area contributed by atoms with Gasteiger partial charge in [0, 0.05) is 0 Å². The summed E-state index contributed by atoms with van der Waals surface area (Å²) in [5, 5.41) is 0. The molecule has 5 rings (SSSR count). The highest BCUT2D eigenvalue weighted by atomic mass is 15.1. The maximum atomic E-state index is 2.44. The van der Waals surface area contributed by atoms with Crippen LogP contribution in [0.5, 0.6) is 0 Å². The van der Waals surface area contributed by atoms with E-state index in [1.54, 1.807) is 0 Å². The molecule has 0 radical (unpaired) electrons. The molecule has 0 aliphatic carbocycles. The molecule has 4 aromatic rings. The number of likely N-dealkylation sites (tertiary alicyclic amines) is 1. The summed E-state index contributed by atoms with van der Waals surface area (Å²) in [6.45, 7) is 6.92. The lowest BCUT2D eigenvalue weighted by atomic mass is 9.74. The van der Waals surface area contributed by atoms with Gasteiger partial charge in [-0.3, -0.25) is 0 Å². The molecular weight excluding hydrogens is 398 g/mol. The van der Waals surface area contributed by atoms with E-state index in [0.717, 1.165) is 0 Å². The Morgan fingerprint density at radius 2 is 0.818 bits per heavy atom. The van der Waals surface area contributed by atoms with Crippen LogP contribution in [-0.4, -0.2) is 25.0 Å². The van der Waals surface area contributed by atoms with Gasteiger partial charge in [0.25, 0.3) is 0 Å². The van der Waals surface area contributed by atoms with Crippen molar-refractivity contribution in [1.82, 2.24) is 4.90 Å². The number of hydrogen-bond acceptors (Lipinski definition) is 1. The zero-order valence-corrected chi connectivity index (χ0v) is 20.0. The van der Waals surface area contributed by atoms with Crippen LogP contribution in [0.2, 0.25) is 0 Å². The maximum Gasteiger partial charge on any atom is -0.00134 e. The first-order valence-corrected chi connectivity index (χ1v) is 12.1. The van der Waals surface area contributed by atoms with Crippen LogP contribution in [-0.2, 0) is 5.41 Å². The lowest BCUT2D eigenvalue weighted by molar-refractivity contribution is 0.200. The second kappa shape index (κ2) is 9.00. The second-order valence-corrected chi connectivity index (χ2v) is 9.96. The van der Waals surface area contributed by atoms with Crippen molar-refractivity contribution in [3.63, 3.8) is 0 Å². The molecule has 0 unspecified atom stereocenters. The summed E-state index contributed by atoms with van der Waals surface area (Å²) >= 11 is 0. The van der Waals surface area contributed by atoms with Crippen molar-refractivity contribution in [1.29, 1.82) is 0 Å². The Bertz CT molecular complexity index is 1190. The van der Waals surface area contributed by atoms with E-state index in [2.05, 4.69) is 123 Å². The molecular formula is C32H33N. The molecule has 1 aliphatic rings. The van der Waals surface area contributed by atoms with Gasteiger partial charge < -0.3 is 4.90 Å². The van der Waals surface area contributed by atoms with Crippen molar-refractivity contribution in [2.45, 2.75) is 32.1 Å². The van der Waals surface area contributed by atoms with Crippen LogP contribution in [0.15, 0.2) is 97.1 Å². The van der Waals surface area contributed by atoms with Crippen molar-refractivity contribution < 1.29 is 0 Å². The van der Waals surface area contributed by atoms with Gasteiger partial charge in [-0.05, 0) is 84.3 Å². The van der Waals surface area contributed by atoms with Crippen LogP contribution in [0.25, 0.3) is 33.4 Å². The molecule has 1 fully saturated rings. The second-order valence-electron chi connectivity index (χ2n) is 9.96. The van der Waals surface area contributed by atoms with Gasteiger partial charge in [0.2, 0.25) is 0 Å². The SMILES string of the molecule is Cc1ccc(-c2ccc(-c3ccc(-c4ccc(C5(C)CCN(C)CC5)cc4)cc3)cc2)cc1. The molecule has 0 atom stereocenters. The van der Waals surface area contributed by atoms with Crippen molar-refractivity contribution >= 4 is 0 Å². The summed E-state index contributed by atoms with van der Waals surface area (Å²) < 4.78 is 0. The van der Waals surface area contributed by atoms with Crippen LogP contribution in [0.1, 0.15) is 30.9 Å². The highest BCUT2D eigenvalue weighted by molar-refractivity contribution is 5.73. The van der Waals surface area contributed by atoms with Gasteiger partial charge in [-0.15, -0.1) is 0 Å². The summed E-state index contributed by atoms with van der Waals surface area (Å²) in [5.41, 5.74) is 10.7. The van der Waals surface area contributed by atoms with E-state index in [-0.39, 0.29) is 0 Å². The summed E-state index contributed by atoms with van der Waals surface area (Å²) in [6, 6.07) is 35.9. The molecule has 1 nitrogen and oxygen atoms in total. The Balaban J connectivity index is 1.31. The molecule has 166 valence electrons. The van der Waals surface area contributed by atoms with Gasteiger partial charge in [0.05, 0.1) is 0 Å². The monoisotopic (exact) mass is 431 g/mol. The minimum Gasteiger partial charge on any atom is -0.306 e. The van der Waals surface area contributed by atoms with Crippen LogP contribution >= 0.6 is 0 Å². The van der Waals surface area contributed by atoms with Gasteiger partial charge in [0.1, 0.15) is 0 Å². The van der Waals surface area contributed by atoms with Crippen molar-refractivity contribution in [2.24, 2.45) is 0 Å². The Kier molecular flexibility index (Phi) is 5.91. The van der Waals surface area contributed by atoms with E-state index in [4.69, 9.17) is 0 Å². The number of nitrogens with zero attached hydrogens (tertiary/aromatic N) is 1. The number of hydrogen-bond donors (Lipinski definition) is 0. The van der Waals surface area contributed by atoms with E-state index in [9.17, 15) is 0 Å². The lowest BCUT2D eigenvalue weighted by Crippen LogP contribution is -2.38. The highest BCUT2D eigenvalue weighted by Gasteiger charge is 2.30. The first-order valence-electron chi connectivity index (χ1n) is 12.1. The minimum absolute atomic E-state index is 0.305. The van der Waals surface area contributed by atoms with Gasteiger partial charge in [-0.1, -0.05) is 110 Å². The first kappa shape index (κ1) is 21.7. The van der Waals surface area contributed by atoms with E-state index in [0.29, 0.717) is 5.41 Å². The molecule has 33 heavy (non-hydrogen) atoms. The quantitative estimate of drug-likeness (QED) is 0.316. The van der Waals surface area contributed by atoms with Gasteiger partial charge in [-0.25, -0.2) is 0 Å². The van der Waals surface area contributed by atoms with E-state index < -0.39 is 0 Å². The van der Waals surface area contributed by atoms with Gasteiger partial charge >= 0.3 is 0 Å². The molecule has 0 aromatic heterocycles. The van der Waals surface area contributed by atoms with Crippen LogP contribution in [0.3, 0.4) is 0 Å². The smallest absolute Gasteiger partial charge is 0.00134 e. The predicted octanol–water partition coefficient (Wildman–Crippen LogP) is 7.98. The van der Waals surface area contributed by atoms with E-state index >= 15 is 0 Å². The van der Waals surface area contributed by atoms with E-state index in [1.807, 2.05) is 0 Å². The molecule has 0 bridgehead atoms. The summed E-state index contributed by atoms with van der Waals surface area (Å²) in [7, 11) is 2.23. The van der Waals surface area contributed by atoms with Gasteiger partial charge in [0.15, 0.2) is 0 Å². The Hall–Kier alpha value is -3.16. The first-order chi connectivity index (χ1) is 16.0.